The molecular weight excluding hydrogens is 359 g/mol. The summed E-state index contributed by atoms with van der Waals surface area (Å²) < 4.78 is 48.7. The van der Waals surface area contributed by atoms with Crippen LogP contribution >= 0.6 is 11.6 Å². The summed E-state index contributed by atoms with van der Waals surface area (Å²) in [7, 11) is 1.49. The Morgan fingerprint density at radius 2 is 1.84 bits per heavy atom. The van der Waals surface area contributed by atoms with Gasteiger partial charge in [-0.05, 0) is 30.3 Å². The molecular formula is C17H15ClF3NO3. The van der Waals surface area contributed by atoms with Gasteiger partial charge in [0, 0.05) is 0 Å². The van der Waals surface area contributed by atoms with Crippen LogP contribution in [0.5, 0.6) is 11.5 Å². The van der Waals surface area contributed by atoms with Gasteiger partial charge in [-0.1, -0.05) is 23.7 Å². The lowest BCUT2D eigenvalue weighted by Gasteiger charge is -2.12. The fourth-order valence-electron chi connectivity index (χ4n) is 2.00. The molecule has 0 fully saturated rings. The van der Waals surface area contributed by atoms with E-state index in [-0.39, 0.29) is 23.7 Å². The number of halogens is 4. The maximum atomic E-state index is 12.7. The molecule has 0 saturated heterocycles. The van der Waals surface area contributed by atoms with E-state index >= 15 is 0 Å². The number of para-hydroxylation sites is 2. The Kier molecular flexibility index (Phi) is 6.14. The van der Waals surface area contributed by atoms with Crippen molar-refractivity contribution in [1.29, 1.82) is 0 Å². The Morgan fingerprint density at radius 3 is 2.48 bits per heavy atom. The quantitative estimate of drug-likeness (QED) is 0.793. The zero-order valence-corrected chi connectivity index (χ0v) is 13.9. The first-order chi connectivity index (χ1) is 11.8. The van der Waals surface area contributed by atoms with Crippen LogP contribution in [0.1, 0.15) is 12.0 Å². The van der Waals surface area contributed by atoms with Crippen molar-refractivity contribution in [2.24, 2.45) is 0 Å². The molecule has 4 nitrogen and oxygen atoms in total. The summed E-state index contributed by atoms with van der Waals surface area (Å²) in [6.07, 6.45) is -4.58. The number of anilines is 1. The van der Waals surface area contributed by atoms with Gasteiger partial charge < -0.3 is 14.8 Å². The number of methoxy groups -OCH3 is 1. The third kappa shape index (κ3) is 5.29. The highest BCUT2D eigenvalue weighted by molar-refractivity contribution is 6.33. The standard InChI is InChI=1S/C17H15ClF3NO3/c1-24-14-4-2-3-5-15(14)25-9-8-16(23)22-13-10-11(17(19,20)21)6-7-12(13)18/h2-7,10H,8-9H2,1H3,(H,22,23). The predicted molar refractivity (Wildman–Crippen MR) is 88.2 cm³/mol. The van der Waals surface area contributed by atoms with Crippen LogP contribution in [0.4, 0.5) is 18.9 Å². The summed E-state index contributed by atoms with van der Waals surface area (Å²) in [5.74, 6) is 0.467. The van der Waals surface area contributed by atoms with Gasteiger partial charge >= 0.3 is 6.18 Å². The van der Waals surface area contributed by atoms with Crippen molar-refractivity contribution in [1.82, 2.24) is 0 Å². The number of benzene rings is 2. The summed E-state index contributed by atoms with van der Waals surface area (Å²) in [6.45, 7) is 0.0305. The summed E-state index contributed by atoms with van der Waals surface area (Å²) in [6, 6.07) is 9.64. The van der Waals surface area contributed by atoms with Crippen molar-refractivity contribution >= 4 is 23.2 Å². The van der Waals surface area contributed by atoms with Crippen LogP contribution < -0.4 is 14.8 Å². The Bertz CT molecular complexity index is 750. The third-order valence-corrected chi connectivity index (χ3v) is 3.55. The molecule has 2 aromatic rings. The average Bonchev–Trinajstić information content (AvgIpc) is 2.56. The molecule has 2 rings (SSSR count). The summed E-state index contributed by atoms with van der Waals surface area (Å²) in [5, 5.41) is 2.38. The van der Waals surface area contributed by atoms with E-state index in [4.69, 9.17) is 21.1 Å². The highest BCUT2D eigenvalue weighted by atomic mass is 35.5. The number of nitrogens with one attached hydrogen (secondary N) is 1. The molecule has 0 radical (unpaired) electrons. The van der Waals surface area contributed by atoms with Crippen LogP contribution in [0.15, 0.2) is 42.5 Å². The smallest absolute Gasteiger partial charge is 0.416 e. The van der Waals surface area contributed by atoms with E-state index in [0.29, 0.717) is 11.5 Å². The topological polar surface area (TPSA) is 47.6 Å². The van der Waals surface area contributed by atoms with Crippen LogP contribution in [-0.2, 0) is 11.0 Å². The molecule has 0 aromatic heterocycles. The van der Waals surface area contributed by atoms with E-state index in [0.717, 1.165) is 18.2 Å². The van der Waals surface area contributed by atoms with Gasteiger partial charge in [0.1, 0.15) is 0 Å². The fourth-order valence-corrected chi connectivity index (χ4v) is 2.17. The molecule has 0 saturated carbocycles. The van der Waals surface area contributed by atoms with E-state index in [9.17, 15) is 18.0 Å². The minimum Gasteiger partial charge on any atom is -0.493 e. The van der Waals surface area contributed by atoms with Crippen LogP contribution in [0.3, 0.4) is 0 Å². The number of hydrogen-bond donors (Lipinski definition) is 1. The van der Waals surface area contributed by atoms with Crippen LogP contribution in [0.25, 0.3) is 0 Å². The average molecular weight is 374 g/mol. The normalized spacial score (nSPS) is 11.1. The van der Waals surface area contributed by atoms with Crippen molar-refractivity contribution in [2.75, 3.05) is 19.0 Å². The number of alkyl halides is 3. The second-order valence-corrected chi connectivity index (χ2v) is 5.40. The van der Waals surface area contributed by atoms with Crippen LogP contribution in [0.2, 0.25) is 5.02 Å². The second kappa shape index (κ2) is 8.11. The van der Waals surface area contributed by atoms with E-state index in [1.807, 2.05) is 0 Å². The molecule has 0 atom stereocenters. The largest absolute Gasteiger partial charge is 0.493 e. The molecule has 0 bridgehead atoms. The highest BCUT2D eigenvalue weighted by Gasteiger charge is 2.31. The molecule has 1 N–H and O–H groups in total. The molecule has 0 aliphatic carbocycles. The van der Waals surface area contributed by atoms with E-state index in [1.54, 1.807) is 24.3 Å². The van der Waals surface area contributed by atoms with Crippen molar-refractivity contribution in [3.8, 4) is 11.5 Å². The highest BCUT2D eigenvalue weighted by Crippen LogP contribution is 2.33. The molecule has 8 heteroatoms. The molecule has 0 aliphatic heterocycles. The second-order valence-electron chi connectivity index (χ2n) is 4.99. The molecule has 2 aromatic carbocycles. The first-order valence-electron chi connectivity index (χ1n) is 7.23. The Balaban J connectivity index is 1.94. The monoisotopic (exact) mass is 373 g/mol. The maximum Gasteiger partial charge on any atom is 0.416 e. The molecule has 0 heterocycles. The van der Waals surface area contributed by atoms with Crippen molar-refractivity contribution < 1.29 is 27.4 Å². The number of rotatable bonds is 6. The van der Waals surface area contributed by atoms with Gasteiger partial charge in [-0.2, -0.15) is 13.2 Å². The van der Waals surface area contributed by atoms with Crippen molar-refractivity contribution in [3.05, 3.63) is 53.1 Å². The molecule has 134 valence electrons. The third-order valence-electron chi connectivity index (χ3n) is 3.22. The van der Waals surface area contributed by atoms with Gasteiger partial charge in [-0.3, -0.25) is 4.79 Å². The summed E-state index contributed by atoms with van der Waals surface area (Å²) >= 11 is 5.83. The summed E-state index contributed by atoms with van der Waals surface area (Å²) in [5.41, 5.74) is -0.990. The number of carbonyl (C=O) groups excluding carboxylic acids is 1. The first-order valence-corrected chi connectivity index (χ1v) is 7.61. The minimum absolute atomic E-state index is 0.0204. The zero-order chi connectivity index (χ0) is 18.4. The number of amides is 1. The van der Waals surface area contributed by atoms with Gasteiger partial charge in [0.15, 0.2) is 11.5 Å². The predicted octanol–water partition coefficient (Wildman–Crippen LogP) is 4.78. The Hall–Kier alpha value is -2.41. The van der Waals surface area contributed by atoms with E-state index in [1.165, 1.54) is 7.11 Å². The van der Waals surface area contributed by atoms with Gasteiger partial charge in [0.25, 0.3) is 0 Å². The summed E-state index contributed by atoms with van der Waals surface area (Å²) in [4.78, 5) is 11.9. The lowest BCUT2D eigenvalue weighted by atomic mass is 10.2. The molecule has 0 aliphatic rings. The van der Waals surface area contributed by atoms with E-state index < -0.39 is 17.6 Å². The van der Waals surface area contributed by atoms with Gasteiger partial charge in [-0.15, -0.1) is 0 Å². The molecule has 1 amide bonds. The lowest BCUT2D eigenvalue weighted by Crippen LogP contribution is -2.16. The molecule has 0 unspecified atom stereocenters. The van der Waals surface area contributed by atoms with E-state index in [2.05, 4.69) is 5.32 Å². The van der Waals surface area contributed by atoms with Gasteiger partial charge in [-0.25, -0.2) is 0 Å². The molecule has 25 heavy (non-hydrogen) atoms. The lowest BCUT2D eigenvalue weighted by molar-refractivity contribution is -0.137. The Labute approximate surface area is 147 Å². The number of carbonyl (C=O) groups is 1. The molecule has 0 spiro atoms. The number of hydrogen-bond acceptors (Lipinski definition) is 3. The Morgan fingerprint density at radius 1 is 1.16 bits per heavy atom. The zero-order valence-electron chi connectivity index (χ0n) is 13.2. The van der Waals surface area contributed by atoms with Crippen molar-refractivity contribution in [3.63, 3.8) is 0 Å². The first kappa shape index (κ1) is 18.9. The number of ether oxygens (including phenoxy) is 2. The fraction of sp³-hybridized carbons (Fsp3) is 0.235. The SMILES string of the molecule is COc1ccccc1OCCC(=O)Nc1cc(C(F)(F)F)ccc1Cl. The van der Waals surface area contributed by atoms with Crippen molar-refractivity contribution in [2.45, 2.75) is 12.6 Å². The minimum atomic E-state index is -4.52. The van der Waals surface area contributed by atoms with Crippen LogP contribution in [0, 0.1) is 0 Å². The van der Waals surface area contributed by atoms with Crippen LogP contribution in [-0.4, -0.2) is 19.6 Å². The maximum absolute atomic E-state index is 12.7. The van der Waals surface area contributed by atoms with Gasteiger partial charge in [0.05, 0.1) is 36.4 Å². The van der Waals surface area contributed by atoms with Gasteiger partial charge in [0.2, 0.25) is 5.91 Å².